The van der Waals surface area contributed by atoms with Crippen molar-refractivity contribution in [2.45, 2.75) is 0 Å². The van der Waals surface area contributed by atoms with Crippen LogP contribution in [0.2, 0.25) is 0 Å². The molecule has 0 saturated heterocycles. The number of furan rings is 1. The highest BCUT2D eigenvalue weighted by Gasteiger charge is 2.10. The summed E-state index contributed by atoms with van der Waals surface area (Å²) in [5.41, 5.74) is 3.44. The van der Waals surface area contributed by atoms with Gasteiger partial charge in [0.15, 0.2) is 17.2 Å². The normalized spacial score (nSPS) is 11.2. The fourth-order valence-corrected chi connectivity index (χ4v) is 1.59. The molecule has 0 unspecified atom stereocenters. The standard InChI is InChI=1S/C11H8N6O3/c18-17(19)11-2-1-8(20-11)7-13-15-10-3-5-12-9-4-6-14-16(9)10/h1-7,15H/b13-7+. The number of nitro groups is 1. The summed E-state index contributed by atoms with van der Waals surface area (Å²) in [5, 5.41) is 18.5. The van der Waals surface area contributed by atoms with E-state index in [0.717, 1.165) is 0 Å². The van der Waals surface area contributed by atoms with Crippen LogP contribution in [-0.2, 0) is 0 Å². The number of fused-ring (bicyclic) bond motifs is 1. The molecule has 9 nitrogen and oxygen atoms in total. The molecule has 0 spiro atoms. The van der Waals surface area contributed by atoms with E-state index in [1.54, 1.807) is 29.0 Å². The number of nitrogens with zero attached hydrogens (tertiary/aromatic N) is 5. The lowest BCUT2D eigenvalue weighted by Crippen LogP contribution is -1.99. The van der Waals surface area contributed by atoms with E-state index in [4.69, 9.17) is 4.42 Å². The number of anilines is 1. The number of hydrogen-bond donors (Lipinski definition) is 1. The lowest BCUT2D eigenvalue weighted by atomic mass is 10.5. The first-order chi connectivity index (χ1) is 9.74. The maximum Gasteiger partial charge on any atom is 0.433 e. The molecule has 0 aliphatic carbocycles. The van der Waals surface area contributed by atoms with E-state index in [1.807, 2.05) is 0 Å². The summed E-state index contributed by atoms with van der Waals surface area (Å²) in [6, 6.07) is 6.17. The van der Waals surface area contributed by atoms with Gasteiger partial charge in [0, 0.05) is 18.3 Å². The second kappa shape index (κ2) is 4.80. The summed E-state index contributed by atoms with van der Waals surface area (Å²) in [7, 11) is 0. The van der Waals surface area contributed by atoms with Gasteiger partial charge in [-0.05, 0) is 6.07 Å². The summed E-state index contributed by atoms with van der Waals surface area (Å²) in [5.74, 6) is 0.553. The lowest BCUT2D eigenvalue weighted by Gasteiger charge is -2.01. The van der Waals surface area contributed by atoms with Crippen molar-refractivity contribution >= 4 is 23.6 Å². The van der Waals surface area contributed by atoms with Crippen LogP contribution in [0, 0.1) is 10.1 Å². The Morgan fingerprint density at radius 1 is 1.35 bits per heavy atom. The highest BCUT2D eigenvalue weighted by molar-refractivity contribution is 5.76. The van der Waals surface area contributed by atoms with Crippen LogP contribution >= 0.6 is 0 Å². The van der Waals surface area contributed by atoms with Gasteiger partial charge in [-0.25, -0.2) is 4.98 Å². The van der Waals surface area contributed by atoms with Gasteiger partial charge in [-0.2, -0.15) is 14.7 Å². The Balaban J connectivity index is 1.76. The van der Waals surface area contributed by atoms with E-state index in [1.165, 1.54) is 18.3 Å². The molecule has 20 heavy (non-hydrogen) atoms. The third-order valence-corrected chi connectivity index (χ3v) is 2.45. The fraction of sp³-hybridized carbons (Fsp3) is 0. The Labute approximate surface area is 111 Å². The van der Waals surface area contributed by atoms with Gasteiger partial charge in [0.2, 0.25) is 0 Å². The van der Waals surface area contributed by atoms with Crippen LogP contribution in [0.5, 0.6) is 0 Å². The minimum Gasteiger partial charge on any atom is -0.400 e. The number of rotatable bonds is 4. The molecular weight excluding hydrogens is 264 g/mol. The minimum absolute atomic E-state index is 0.273. The topological polar surface area (TPSA) is 111 Å². The number of hydrazone groups is 1. The van der Waals surface area contributed by atoms with Crippen molar-refractivity contribution in [2.24, 2.45) is 5.10 Å². The molecule has 0 aliphatic heterocycles. The molecule has 0 atom stereocenters. The average molecular weight is 272 g/mol. The van der Waals surface area contributed by atoms with Gasteiger partial charge in [-0.1, -0.05) is 0 Å². The molecule has 3 aromatic heterocycles. The first-order valence-electron chi connectivity index (χ1n) is 5.56. The van der Waals surface area contributed by atoms with Crippen molar-refractivity contribution in [3.05, 3.63) is 52.5 Å². The summed E-state index contributed by atoms with van der Waals surface area (Å²) in [6.07, 6.45) is 4.57. The SMILES string of the molecule is O=[N+]([O-])c1ccc(/C=N/Nc2ccnc3ccnn23)o1. The molecule has 3 rings (SSSR count). The predicted molar refractivity (Wildman–Crippen MR) is 69.6 cm³/mol. The molecule has 0 aliphatic rings. The van der Waals surface area contributed by atoms with Crippen LogP contribution in [0.3, 0.4) is 0 Å². The Morgan fingerprint density at radius 2 is 2.25 bits per heavy atom. The highest BCUT2D eigenvalue weighted by Crippen LogP contribution is 2.14. The molecular formula is C11H8N6O3. The van der Waals surface area contributed by atoms with Crippen LogP contribution in [0.15, 0.2) is 46.2 Å². The Kier molecular flexibility index (Phi) is 2.84. The third-order valence-electron chi connectivity index (χ3n) is 2.45. The van der Waals surface area contributed by atoms with Crippen molar-refractivity contribution in [3.8, 4) is 0 Å². The highest BCUT2D eigenvalue weighted by atomic mass is 16.6. The molecule has 0 saturated carbocycles. The first kappa shape index (κ1) is 11.8. The van der Waals surface area contributed by atoms with Gasteiger partial charge in [-0.15, -0.1) is 0 Å². The molecule has 0 radical (unpaired) electrons. The van der Waals surface area contributed by atoms with Crippen LogP contribution in [0.25, 0.3) is 5.65 Å². The molecule has 0 bridgehead atoms. The number of hydrogen-bond acceptors (Lipinski definition) is 7. The van der Waals surface area contributed by atoms with E-state index in [0.29, 0.717) is 11.5 Å². The molecule has 0 fully saturated rings. The van der Waals surface area contributed by atoms with E-state index in [9.17, 15) is 10.1 Å². The Morgan fingerprint density at radius 3 is 3.05 bits per heavy atom. The van der Waals surface area contributed by atoms with Crippen LogP contribution < -0.4 is 5.43 Å². The second-order valence-corrected chi connectivity index (χ2v) is 3.73. The molecule has 3 heterocycles. The van der Waals surface area contributed by atoms with Crippen LogP contribution in [0.1, 0.15) is 5.76 Å². The van der Waals surface area contributed by atoms with Crippen molar-refractivity contribution < 1.29 is 9.34 Å². The van der Waals surface area contributed by atoms with Crippen molar-refractivity contribution in [2.75, 3.05) is 5.43 Å². The third kappa shape index (κ3) is 2.19. The molecule has 0 amide bonds. The lowest BCUT2D eigenvalue weighted by molar-refractivity contribution is -0.402. The molecule has 100 valence electrons. The first-order valence-corrected chi connectivity index (χ1v) is 5.56. The maximum absolute atomic E-state index is 10.5. The average Bonchev–Trinajstić information content (AvgIpc) is 3.07. The van der Waals surface area contributed by atoms with Gasteiger partial charge in [0.1, 0.15) is 4.92 Å². The minimum atomic E-state index is -0.610. The van der Waals surface area contributed by atoms with Gasteiger partial charge in [0.05, 0.1) is 18.5 Å². The van der Waals surface area contributed by atoms with Crippen LogP contribution in [0.4, 0.5) is 11.7 Å². The quantitative estimate of drug-likeness (QED) is 0.439. The largest absolute Gasteiger partial charge is 0.433 e. The zero-order valence-electron chi connectivity index (χ0n) is 10.0. The molecule has 9 heteroatoms. The second-order valence-electron chi connectivity index (χ2n) is 3.73. The van der Waals surface area contributed by atoms with Crippen LogP contribution in [-0.4, -0.2) is 25.7 Å². The summed E-state index contributed by atoms with van der Waals surface area (Å²) in [4.78, 5) is 14.0. The van der Waals surface area contributed by atoms with Gasteiger partial charge >= 0.3 is 5.88 Å². The van der Waals surface area contributed by atoms with E-state index < -0.39 is 4.92 Å². The number of aromatic nitrogens is 3. The van der Waals surface area contributed by atoms with Gasteiger partial charge in [0.25, 0.3) is 0 Å². The smallest absolute Gasteiger partial charge is 0.400 e. The van der Waals surface area contributed by atoms with E-state index in [-0.39, 0.29) is 11.6 Å². The van der Waals surface area contributed by atoms with Gasteiger partial charge < -0.3 is 4.42 Å². The summed E-state index contributed by atoms with van der Waals surface area (Å²) < 4.78 is 6.50. The van der Waals surface area contributed by atoms with Gasteiger partial charge in [-0.3, -0.25) is 15.5 Å². The van der Waals surface area contributed by atoms with E-state index in [2.05, 4.69) is 20.6 Å². The van der Waals surface area contributed by atoms with Crippen molar-refractivity contribution in [1.29, 1.82) is 0 Å². The summed E-state index contributed by atoms with van der Waals surface area (Å²) in [6.45, 7) is 0. The molecule has 0 aromatic carbocycles. The maximum atomic E-state index is 10.5. The van der Waals surface area contributed by atoms with Crippen molar-refractivity contribution in [3.63, 3.8) is 0 Å². The summed E-state index contributed by atoms with van der Waals surface area (Å²) >= 11 is 0. The fourth-order valence-electron chi connectivity index (χ4n) is 1.59. The molecule has 3 aromatic rings. The molecule has 1 N–H and O–H groups in total. The Bertz CT molecular complexity index is 790. The number of nitrogens with one attached hydrogen (secondary N) is 1. The van der Waals surface area contributed by atoms with Crippen molar-refractivity contribution in [1.82, 2.24) is 14.6 Å². The zero-order chi connectivity index (χ0) is 13.9. The zero-order valence-corrected chi connectivity index (χ0v) is 10.0. The Hall–Kier alpha value is -3.23. The van der Waals surface area contributed by atoms with E-state index >= 15 is 0 Å². The predicted octanol–water partition coefficient (Wildman–Crippen LogP) is 1.68. The monoisotopic (exact) mass is 272 g/mol.